The van der Waals surface area contributed by atoms with Gasteiger partial charge in [-0.1, -0.05) is 32.8 Å². The van der Waals surface area contributed by atoms with Crippen molar-refractivity contribution in [2.24, 2.45) is 22.9 Å². The Bertz CT molecular complexity index is 708. The molecule has 4 atom stereocenters. The van der Waals surface area contributed by atoms with Gasteiger partial charge in [-0.2, -0.15) is 21.0 Å². The lowest BCUT2D eigenvalue weighted by molar-refractivity contribution is -0.781. The van der Waals surface area contributed by atoms with Crippen LogP contribution in [0.15, 0.2) is 22.2 Å². The van der Waals surface area contributed by atoms with Gasteiger partial charge in [0.2, 0.25) is 6.23 Å². The summed E-state index contributed by atoms with van der Waals surface area (Å²) in [6.07, 6.45) is 0.903. The lowest BCUT2D eigenvalue weighted by Crippen LogP contribution is -3.00. The average Bonchev–Trinajstić information content (AvgIpc) is 2.78. The molecule has 0 spiro atoms. The molecule has 0 aliphatic carbocycles. The Balaban J connectivity index is 0.00000338. The maximum absolute atomic E-state index is 12.2. The third-order valence-corrected chi connectivity index (χ3v) is 4.32. The summed E-state index contributed by atoms with van der Waals surface area (Å²) in [7, 11) is 0. The fourth-order valence-electron chi connectivity index (χ4n) is 2.70. The number of rotatable bonds is 7. The number of hydrogen-bond acceptors (Lipinski definition) is 6. The summed E-state index contributed by atoms with van der Waals surface area (Å²) in [5.41, 5.74) is 12.9. The molecule has 0 amide bonds. The van der Waals surface area contributed by atoms with Crippen molar-refractivity contribution in [1.29, 1.82) is 0 Å². The number of azide groups is 1. The van der Waals surface area contributed by atoms with Gasteiger partial charge in [0, 0.05) is 22.8 Å². The Hall–Kier alpha value is -1.84. The Morgan fingerprint density at radius 1 is 1.58 bits per heavy atom. The monoisotopic (exact) mass is 387 g/mol. The number of hydrogen-bond donors (Lipinski definition) is 2. The van der Waals surface area contributed by atoms with Gasteiger partial charge in [-0.15, -0.1) is 5.92 Å². The molecule has 1 aromatic rings. The summed E-state index contributed by atoms with van der Waals surface area (Å²) in [4.78, 5) is 27.8. The molecule has 0 bridgehead atoms. The van der Waals surface area contributed by atoms with Gasteiger partial charge in [-0.3, -0.25) is 4.89 Å². The molecule has 1 aromatic heterocycles. The number of aromatic nitrogens is 2. The number of nitrogens with one attached hydrogen (secondary N) is 1. The second kappa shape index (κ2) is 9.20. The number of nitrogen functional groups attached to an aromatic ring is 1. The third-order valence-electron chi connectivity index (χ3n) is 4.32. The van der Waals surface area contributed by atoms with E-state index in [9.17, 15) is 4.79 Å². The number of ether oxygens (including phenoxy) is 1. The maximum atomic E-state index is 12.2. The van der Waals surface area contributed by atoms with Gasteiger partial charge in [-0.25, -0.2) is 0 Å². The topological polar surface area (TPSA) is 139 Å². The van der Waals surface area contributed by atoms with Crippen molar-refractivity contribution in [1.82, 2.24) is 4.98 Å². The highest BCUT2D eigenvalue weighted by atomic mass is 35.5. The molecule has 3 N–H and O–H groups in total. The molecule has 0 saturated carbocycles. The minimum Gasteiger partial charge on any atom is -1.00 e. The van der Waals surface area contributed by atoms with E-state index in [1.807, 2.05) is 27.7 Å². The summed E-state index contributed by atoms with van der Waals surface area (Å²) in [6.45, 7) is 9.07. The van der Waals surface area contributed by atoms with Crippen LogP contribution in [0.25, 0.3) is 10.4 Å². The minimum atomic E-state index is -1.29. The molecule has 2 rings (SSSR count). The zero-order valence-electron chi connectivity index (χ0n) is 15.1. The largest absolute Gasteiger partial charge is 1.00 e. The van der Waals surface area contributed by atoms with Crippen molar-refractivity contribution >= 4 is 5.82 Å². The van der Waals surface area contributed by atoms with Crippen LogP contribution in [-0.2, 0) is 14.5 Å². The quantitative estimate of drug-likeness (QED) is 0.0886. The fourth-order valence-corrected chi connectivity index (χ4v) is 2.70. The van der Waals surface area contributed by atoms with Crippen LogP contribution in [0.3, 0.4) is 0 Å². The molecule has 0 radical (unpaired) electrons. The van der Waals surface area contributed by atoms with E-state index in [-0.39, 0.29) is 42.6 Å². The predicted molar refractivity (Wildman–Crippen MR) is 88.2 cm³/mol. The second-order valence-electron chi connectivity index (χ2n) is 6.54. The second-order valence-corrected chi connectivity index (χ2v) is 6.54. The number of nitrogens with zero attached hydrogens (tertiary/aromatic N) is 4. The summed E-state index contributed by atoms with van der Waals surface area (Å²) < 4.78 is 7.37. The molecule has 0 aromatic carbocycles. The lowest BCUT2D eigenvalue weighted by Gasteiger charge is -2.28. The van der Waals surface area contributed by atoms with Crippen molar-refractivity contribution in [2.45, 2.75) is 39.6 Å². The molecule has 2 heterocycles. The average molecular weight is 388 g/mol. The van der Waals surface area contributed by atoms with Crippen molar-refractivity contribution in [3.63, 3.8) is 0 Å². The third kappa shape index (κ3) is 4.66. The molecule has 146 valence electrons. The Kier molecular flexibility index (Phi) is 7.86. The smallest absolute Gasteiger partial charge is 0.499 e. The van der Waals surface area contributed by atoms with Crippen molar-refractivity contribution in [3.8, 4) is 0 Å². The van der Waals surface area contributed by atoms with Crippen LogP contribution in [0, 0.1) is 24.4 Å². The number of H-pyrrole nitrogens is 1. The van der Waals surface area contributed by atoms with Crippen LogP contribution in [0.2, 0.25) is 0 Å². The summed E-state index contributed by atoms with van der Waals surface area (Å²) in [6, 6.07) is 1.56. The van der Waals surface area contributed by atoms with E-state index in [1.165, 1.54) is 17.4 Å². The molecule has 1 saturated heterocycles. The van der Waals surface area contributed by atoms with Crippen molar-refractivity contribution < 1.29 is 31.5 Å². The van der Waals surface area contributed by atoms with Crippen molar-refractivity contribution in [3.05, 3.63) is 39.8 Å². The number of nitrogens with two attached hydrogens (primary N) is 1. The Labute approximate surface area is 157 Å². The normalized spacial score (nSPS) is 27.8. The first kappa shape index (κ1) is 22.2. The van der Waals surface area contributed by atoms with E-state index in [1.54, 1.807) is 6.07 Å². The molecule has 11 heteroatoms. The van der Waals surface area contributed by atoms with E-state index >= 15 is 0 Å². The van der Waals surface area contributed by atoms with Gasteiger partial charge in [0.1, 0.15) is 12.8 Å². The van der Waals surface area contributed by atoms with Gasteiger partial charge in [0.05, 0.1) is 0 Å². The molecule has 1 aliphatic rings. The molecule has 0 unspecified atom stereocenters. The summed E-state index contributed by atoms with van der Waals surface area (Å²) in [5, 5.41) is 3.82. The predicted octanol–water partition coefficient (Wildman–Crippen LogP) is -1.18. The van der Waals surface area contributed by atoms with E-state index in [2.05, 4.69) is 15.0 Å². The van der Waals surface area contributed by atoms with Crippen LogP contribution in [0.1, 0.15) is 33.9 Å². The van der Waals surface area contributed by atoms with Gasteiger partial charge in [0.15, 0.2) is 11.5 Å². The molecule has 10 nitrogen and oxygen atoms in total. The highest BCUT2D eigenvalue weighted by molar-refractivity contribution is 5.21. The Morgan fingerprint density at radius 2 is 2.27 bits per heavy atom. The SMILES string of the molecule is CC(C)[CH-]OOC[C@@]1(N=[N+]=[N-])O[C@@H]([n+]2ccc(N)[nH]c2=O)[C@H](C)[C@@H]1C.[Cl-]. The summed E-state index contributed by atoms with van der Waals surface area (Å²) >= 11 is 0. The van der Waals surface area contributed by atoms with Gasteiger partial charge in [-0.05, 0) is 5.53 Å². The van der Waals surface area contributed by atoms with Gasteiger partial charge >= 0.3 is 5.69 Å². The lowest BCUT2D eigenvalue weighted by atomic mass is 9.89. The number of halogens is 1. The highest BCUT2D eigenvalue weighted by Gasteiger charge is 2.54. The van der Waals surface area contributed by atoms with Crippen LogP contribution >= 0.6 is 0 Å². The number of aromatic amines is 1. The summed E-state index contributed by atoms with van der Waals surface area (Å²) in [5.74, 6) is 0.0773. The van der Waals surface area contributed by atoms with Crippen molar-refractivity contribution in [2.75, 3.05) is 12.3 Å². The Morgan fingerprint density at radius 3 is 2.85 bits per heavy atom. The van der Waals surface area contributed by atoms with E-state index < -0.39 is 17.6 Å². The van der Waals surface area contributed by atoms with Crippen LogP contribution in [-0.4, -0.2) is 17.3 Å². The van der Waals surface area contributed by atoms with E-state index in [0.717, 1.165) is 0 Å². The van der Waals surface area contributed by atoms with E-state index in [0.29, 0.717) is 0 Å². The standard InChI is InChI=1S/C15H23N6O4.ClH/c1-9(2)7-23-24-8-15(19-20-17)11(4)10(3)13(25-15)21-6-5-12(16)18-14(21)22;/h5-7,9-11,13H,8H2,1-4H3,(H2,16,18,22);1H/q-1;/t10-,11+,13-,15-;/m1./s1. The maximum Gasteiger partial charge on any atom is 0.499 e. The van der Waals surface area contributed by atoms with Crippen LogP contribution in [0.4, 0.5) is 5.82 Å². The molecule has 1 aliphatic heterocycles. The minimum absolute atomic E-state index is 0. The molecular formula is C15H24ClN6O4-. The molecular weight excluding hydrogens is 364 g/mol. The molecule has 26 heavy (non-hydrogen) atoms. The van der Waals surface area contributed by atoms with Gasteiger partial charge < -0.3 is 27.8 Å². The fraction of sp³-hybridized carbons (Fsp3) is 0.667. The van der Waals surface area contributed by atoms with Gasteiger partial charge in [0.25, 0.3) is 0 Å². The zero-order valence-corrected chi connectivity index (χ0v) is 15.9. The van der Waals surface area contributed by atoms with Crippen LogP contribution in [0.5, 0.6) is 0 Å². The number of anilines is 1. The molecule has 1 fully saturated rings. The van der Waals surface area contributed by atoms with Crippen LogP contribution < -0.4 is 28.4 Å². The highest BCUT2D eigenvalue weighted by Crippen LogP contribution is 2.44. The van der Waals surface area contributed by atoms with E-state index in [4.69, 9.17) is 25.8 Å². The first-order valence-corrected chi connectivity index (χ1v) is 8.06. The first-order valence-electron chi connectivity index (χ1n) is 8.06. The zero-order chi connectivity index (χ0) is 18.6. The first-order chi connectivity index (χ1) is 11.8.